The molecule has 0 radical (unpaired) electrons. The van der Waals surface area contributed by atoms with Crippen molar-refractivity contribution in [1.29, 1.82) is 0 Å². The summed E-state index contributed by atoms with van der Waals surface area (Å²) in [6.45, 7) is 0.0675. The first kappa shape index (κ1) is 62.9. The van der Waals surface area contributed by atoms with E-state index < -0.39 is 201 Å². The summed E-state index contributed by atoms with van der Waals surface area (Å²) in [5.74, 6) is -0.539. The third kappa shape index (κ3) is 14.3. The number of carbonyl (C=O) groups excluding carboxylic acids is 2. The Morgan fingerprint density at radius 3 is 0.951 bits per heavy atom. The zero-order chi connectivity index (χ0) is 60.9. The SMILES string of the molecule is FC(F)(F)c1cc([B-](c2cc(C(F)(F)F)cc(C(F)(F)F)c2)(c2cc(C(F)(F)F)cc(C(F)(F)F)c2)c2cc(C(F)(F)F)cc(C(F)(F)F)c2)cc(C(F)(F)F)c1.O=C(C[n+]1c(C(=O)OCBr)ccc2ccccc21)c1ccccc1. The Kier molecular flexibility index (Phi) is 17.3. The predicted octanol–water partition coefficient (Wildman–Crippen LogP) is 14.7. The fourth-order valence-corrected chi connectivity index (χ4v) is 8.87. The molecular formula is C51H27BBrF24NO3. The van der Waals surface area contributed by atoms with E-state index in [1.807, 2.05) is 48.5 Å². The number of esters is 1. The van der Waals surface area contributed by atoms with E-state index in [0.717, 1.165) is 10.9 Å². The van der Waals surface area contributed by atoms with E-state index in [4.69, 9.17) is 4.74 Å². The molecule has 0 unspecified atom stereocenters. The monoisotopic (exact) mass is 1250 g/mol. The van der Waals surface area contributed by atoms with Gasteiger partial charge in [-0.05, 0) is 52.3 Å². The molecule has 1 heterocycles. The second-order valence-electron chi connectivity index (χ2n) is 17.4. The maximum absolute atomic E-state index is 14.2. The Labute approximate surface area is 446 Å². The van der Waals surface area contributed by atoms with Crippen LogP contribution in [0, 0.1) is 0 Å². The second kappa shape index (κ2) is 22.2. The molecule has 0 spiro atoms. The van der Waals surface area contributed by atoms with Crippen molar-refractivity contribution in [1.82, 2.24) is 0 Å². The van der Waals surface area contributed by atoms with Crippen LogP contribution in [0.25, 0.3) is 10.9 Å². The number of ether oxygens (including phenoxy) is 1. The van der Waals surface area contributed by atoms with E-state index in [1.165, 1.54) is 0 Å². The van der Waals surface area contributed by atoms with E-state index in [0.29, 0.717) is 11.3 Å². The largest absolute Gasteiger partial charge is 0.446 e. The molecule has 0 aliphatic heterocycles. The lowest BCUT2D eigenvalue weighted by molar-refractivity contribution is -0.659. The fourth-order valence-electron chi connectivity index (χ4n) is 8.66. The number of para-hydroxylation sites is 1. The van der Waals surface area contributed by atoms with Crippen LogP contribution in [0.15, 0.2) is 140 Å². The van der Waals surface area contributed by atoms with Crippen LogP contribution in [0.1, 0.15) is 65.4 Å². The number of hydrogen-bond donors (Lipinski definition) is 0. The van der Waals surface area contributed by atoms with Crippen molar-refractivity contribution in [2.45, 2.75) is 56.0 Å². The number of rotatable bonds is 9. The van der Waals surface area contributed by atoms with Crippen LogP contribution in [0.3, 0.4) is 0 Å². The summed E-state index contributed by atoms with van der Waals surface area (Å²) in [6.07, 6.45) is -54.8. The number of pyridine rings is 1. The van der Waals surface area contributed by atoms with Gasteiger partial charge in [0.15, 0.2) is 0 Å². The maximum atomic E-state index is 14.2. The molecule has 0 fully saturated rings. The zero-order valence-electron chi connectivity index (χ0n) is 39.4. The number of nitrogens with zero attached hydrogens (tertiary/aromatic N) is 1. The van der Waals surface area contributed by atoms with Crippen LogP contribution >= 0.6 is 15.9 Å². The molecule has 1 aromatic heterocycles. The molecule has 0 atom stereocenters. The summed E-state index contributed by atoms with van der Waals surface area (Å²) in [5, 5.41) is 0.953. The first-order valence-electron chi connectivity index (χ1n) is 22.1. The van der Waals surface area contributed by atoms with E-state index in [9.17, 15) is 115 Å². The van der Waals surface area contributed by atoms with Gasteiger partial charge in [-0.1, -0.05) is 91.0 Å². The van der Waals surface area contributed by atoms with E-state index in [2.05, 4.69) is 15.9 Å². The van der Waals surface area contributed by atoms with Gasteiger partial charge in [0.25, 0.3) is 5.69 Å². The molecular weight excluding hydrogens is 1220 g/mol. The summed E-state index contributed by atoms with van der Waals surface area (Å²) in [4.78, 5) is 24.9. The standard InChI is InChI=1S/C32H12BF24.C19H15BrNO3/c34-25(35,36)13-1-14(26(37,38)39)6-21(5-13)33(22-7-15(27(40,41)42)2-16(8-22)28(43,44)45,23-9-17(29(46,47)48)3-18(10-23)30(49,50)51)24-11-19(31(52,53)54)4-20(12-24)32(55,56)57;20-13-24-19(23)17-11-10-14-6-4-5-9-16(14)21(17)12-18(22)15-7-2-1-3-8-15/h1-12H;1-11H,12-13H2/q-1;+1. The summed E-state index contributed by atoms with van der Waals surface area (Å²) < 4.78 is 348. The van der Waals surface area contributed by atoms with Gasteiger partial charge in [-0.25, -0.2) is 4.79 Å². The lowest BCUT2D eigenvalue weighted by atomic mass is 9.12. The Morgan fingerprint density at radius 1 is 0.383 bits per heavy atom. The van der Waals surface area contributed by atoms with Gasteiger partial charge < -0.3 is 4.74 Å². The minimum atomic E-state index is -6.13. The molecule has 0 amide bonds. The van der Waals surface area contributed by atoms with Crippen molar-refractivity contribution in [3.63, 3.8) is 0 Å². The number of aromatic nitrogens is 1. The van der Waals surface area contributed by atoms with Crippen molar-refractivity contribution in [2.75, 3.05) is 5.52 Å². The molecule has 0 aliphatic carbocycles. The number of alkyl halides is 25. The minimum absolute atomic E-state index is 0.0650. The van der Waals surface area contributed by atoms with Crippen LogP contribution in [0.5, 0.6) is 0 Å². The highest BCUT2D eigenvalue weighted by atomic mass is 79.9. The molecule has 0 bridgehead atoms. The fraction of sp³-hybridized carbons (Fsp3) is 0.196. The first-order valence-corrected chi connectivity index (χ1v) is 23.2. The Balaban J connectivity index is 0.000000363. The molecule has 7 rings (SSSR count). The number of hydrogen-bond acceptors (Lipinski definition) is 3. The van der Waals surface area contributed by atoms with Crippen molar-refractivity contribution >= 4 is 66.6 Å². The first-order chi connectivity index (χ1) is 37.0. The summed E-state index contributed by atoms with van der Waals surface area (Å²) >= 11 is 3.09. The normalized spacial score (nSPS) is 13.2. The molecule has 0 saturated carbocycles. The lowest BCUT2D eigenvalue weighted by Gasteiger charge is -2.46. The van der Waals surface area contributed by atoms with Gasteiger partial charge in [-0.3, -0.25) is 4.79 Å². The van der Waals surface area contributed by atoms with Gasteiger partial charge in [-0.15, -0.1) is 0 Å². The molecule has 30 heteroatoms. The van der Waals surface area contributed by atoms with Gasteiger partial charge in [0.2, 0.25) is 17.8 Å². The van der Waals surface area contributed by atoms with Gasteiger partial charge in [0, 0.05) is 23.1 Å². The van der Waals surface area contributed by atoms with Crippen molar-refractivity contribution in [2.24, 2.45) is 0 Å². The van der Waals surface area contributed by atoms with Crippen molar-refractivity contribution in [3.05, 3.63) is 195 Å². The lowest BCUT2D eigenvalue weighted by Crippen LogP contribution is -2.75. The molecule has 0 saturated heterocycles. The quantitative estimate of drug-likeness (QED) is 0.0361. The van der Waals surface area contributed by atoms with Gasteiger partial charge in [0.05, 0.1) is 44.5 Å². The van der Waals surface area contributed by atoms with Gasteiger partial charge in [-0.2, -0.15) is 132 Å². The minimum Gasteiger partial charge on any atom is -0.446 e. The van der Waals surface area contributed by atoms with Crippen molar-refractivity contribution in [3.8, 4) is 0 Å². The Bertz CT molecular complexity index is 3030. The number of Topliss-reactive ketones (excluding diaryl/α,β-unsaturated/α-hetero) is 1. The van der Waals surface area contributed by atoms with E-state index in [-0.39, 0.29) is 17.8 Å². The van der Waals surface area contributed by atoms with Gasteiger partial charge in [0.1, 0.15) is 11.7 Å². The van der Waals surface area contributed by atoms with Crippen LogP contribution in [-0.4, -0.2) is 23.4 Å². The van der Waals surface area contributed by atoms with Crippen LogP contribution in [0.2, 0.25) is 0 Å². The molecule has 6 aromatic carbocycles. The Morgan fingerprint density at radius 2 is 0.667 bits per heavy atom. The second-order valence-corrected chi connectivity index (χ2v) is 17.9. The third-order valence-corrected chi connectivity index (χ3v) is 12.4. The average molecular weight is 1250 g/mol. The highest BCUT2D eigenvalue weighted by Gasteiger charge is 2.47. The van der Waals surface area contributed by atoms with Gasteiger partial charge >= 0.3 is 55.4 Å². The average Bonchev–Trinajstić information content (AvgIpc) is 3.49. The number of fused-ring (bicyclic) bond motifs is 1. The number of halogens is 25. The highest BCUT2D eigenvalue weighted by Crippen LogP contribution is 2.41. The van der Waals surface area contributed by atoms with Crippen LogP contribution in [-0.2, 0) is 60.7 Å². The Hall–Kier alpha value is -7.27. The summed E-state index contributed by atoms with van der Waals surface area (Å²) in [5.41, 5.74) is -28.3. The highest BCUT2D eigenvalue weighted by molar-refractivity contribution is 9.09. The zero-order valence-corrected chi connectivity index (χ0v) is 41.0. The summed E-state index contributed by atoms with van der Waals surface area (Å²) in [7, 11) is 0. The van der Waals surface area contributed by atoms with E-state index >= 15 is 0 Å². The summed E-state index contributed by atoms with van der Waals surface area (Å²) in [6, 6.07) is 11.4. The molecule has 432 valence electrons. The molecule has 81 heavy (non-hydrogen) atoms. The van der Waals surface area contributed by atoms with Crippen LogP contribution in [0.4, 0.5) is 105 Å². The maximum Gasteiger partial charge on any atom is 0.416 e. The van der Waals surface area contributed by atoms with E-state index in [1.54, 1.807) is 22.8 Å². The topological polar surface area (TPSA) is 47.2 Å². The number of carbonyl (C=O) groups is 2. The molecule has 0 aliphatic rings. The smallest absolute Gasteiger partial charge is 0.416 e. The number of ketones is 1. The predicted molar refractivity (Wildman–Crippen MR) is 244 cm³/mol. The molecule has 7 aromatic rings. The molecule has 0 N–H and O–H groups in total. The van der Waals surface area contributed by atoms with Crippen molar-refractivity contribution < 1.29 is 124 Å². The van der Waals surface area contributed by atoms with Crippen LogP contribution < -0.4 is 26.4 Å². The number of benzene rings is 6. The molecule has 4 nitrogen and oxygen atoms in total. The third-order valence-electron chi connectivity index (χ3n) is 12.2.